The number of hydrogen-bond donors (Lipinski definition) is 0. The molecule has 2 atom stereocenters. The minimum atomic E-state index is -3.12. The summed E-state index contributed by atoms with van der Waals surface area (Å²) in [5.74, 6) is 1.68. The lowest BCUT2D eigenvalue weighted by Crippen LogP contribution is -2.75. The van der Waals surface area contributed by atoms with Crippen LogP contribution in [0.1, 0.15) is 45.2 Å². The molecular weight excluding hydrogens is 1040 g/mol. The SMILES string of the molecule is c1ccc([Si](c2ccccc2)(c2ccccc2)c2ccccc2-c2nc(-c3cccc4c3C3c5ccccc5C4c4cccc([Si](c5ccccc5)(c5ccccc5)c5ccccc5)c43)nc(-n3c4ccccc4c4ccccc43)n2)cc1. The maximum absolute atomic E-state index is 5.91. The molecule has 14 aromatic rings. The summed E-state index contributed by atoms with van der Waals surface area (Å²) >= 11 is 0. The fraction of sp³-hybridized carbons (Fsp3) is 0.0260. The van der Waals surface area contributed by atoms with Crippen LogP contribution in [-0.2, 0) is 0 Å². The molecule has 0 fully saturated rings. The molecule has 83 heavy (non-hydrogen) atoms. The molecule has 2 unspecified atom stereocenters. The lowest BCUT2D eigenvalue weighted by Gasteiger charge is -2.46. The van der Waals surface area contributed by atoms with Crippen LogP contribution in [0.25, 0.3) is 50.5 Å². The Labute approximate surface area is 485 Å². The smallest absolute Gasteiger partial charge is 0.238 e. The van der Waals surface area contributed by atoms with E-state index < -0.39 is 16.1 Å². The molecule has 0 aliphatic heterocycles. The second-order valence-electron chi connectivity index (χ2n) is 22.0. The lowest BCUT2D eigenvalue weighted by atomic mass is 9.60. The Morgan fingerprint density at radius 3 is 1.08 bits per heavy atom. The van der Waals surface area contributed by atoms with E-state index in [1.807, 2.05) is 0 Å². The standard InChI is InChI=1S/C77H54N4Si2/c1-7-29-53(30-8-1)82(54-31-9-2-10-32-54,55-33-11-3-12-34-55)69-51-26-23-45-63(69)75-78-76(80-77(79-75)81-67-49-24-21-41-59(67)60-42-22-25-50-68(60)81)66-48-27-46-64-71-61-43-19-20-44-62(61)74(72(64)66)73-65(71)47-28-52-70(73)83(56-35-13-4-14-36-56,57-37-15-5-16-38-57)58-39-17-6-18-40-58/h1-52,71,74H. The van der Waals surface area contributed by atoms with E-state index in [4.69, 9.17) is 15.0 Å². The molecule has 3 aliphatic carbocycles. The summed E-state index contributed by atoms with van der Waals surface area (Å²) in [6.45, 7) is 0. The largest absolute Gasteiger partial charge is 0.278 e. The van der Waals surface area contributed by atoms with Gasteiger partial charge in [-0.05, 0) is 87.0 Å². The number of benzene rings is 12. The van der Waals surface area contributed by atoms with Crippen molar-refractivity contribution in [3.63, 3.8) is 0 Å². The minimum Gasteiger partial charge on any atom is -0.278 e. The molecule has 12 aromatic carbocycles. The summed E-state index contributed by atoms with van der Waals surface area (Å²) in [5, 5.41) is 12.8. The number of rotatable bonds is 11. The Balaban J connectivity index is 1.01. The maximum Gasteiger partial charge on any atom is 0.238 e. The Kier molecular flexibility index (Phi) is 11.7. The monoisotopic (exact) mass is 1090 g/mol. The summed E-state index contributed by atoms with van der Waals surface area (Å²) < 4.78 is 2.27. The van der Waals surface area contributed by atoms with E-state index >= 15 is 0 Å². The summed E-state index contributed by atoms with van der Waals surface area (Å²) in [7, 11) is -6.18. The number of para-hydroxylation sites is 2. The van der Waals surface area contributed by atoms with Gasteiger partial charge in [0.1, 0.15) is 0 Å². The van der Waals surface area contributed by atoms with E-state index in [0.29, 0.717) is 17.6 Å². The molecular formula is C77H54N4Si2. The molecule has 17 rings (SSSR count). The molecule has 4 nitrogen and oxygen atoms in total. The van der Waals surface area contributed by atoms with Crippen LogP contribution in [0.2, 0.25) is 0 Å². The second-order valence-corrected chi connectivity index (χ2v) is 29.5. The topological polar surface area (TPSA) is 43.6 Å². The van der Waals surface area contributed by atoms with Crippen molar-refractivity contribution in [2.45, 2.75) is 11.8 Å². The molecule has 2 bridgehead atoms. The molecule has 390 valence electrons. The van der Waals surface area contributed by atoms with Crippen molar-refractivity contribution >= 4 is 79.4 Å². The fourth-order valence-corrected chi connectivity index (χ4v) is 24.7. The van der Waals surface area contributed by atoms with Crippen molar-refractivity contribution in [1.29, 1.82) is 0 Å². The summed E-state index contributed by atoms with van der Waals surface area (Å²) in [4.78, 5) is 17.5. The van der Waals surface area contributed by atoms with Crippen LogP contribution in [0, 0.1) is 0 Å². The predicted octanol–water partition coefficient (Wildman–Crippen LogP) is 12.0. The third-order valence-electron chi connectivity index (χ3n) is 18.0. The molecule has 0 saturated carbocycles. The zero-order valence-corrected chi connectivity index (χ0v) is 47.5. The van der Waals surface area contributed by atoms with Crippen molar-refractivity contribution in [3.8, 4) is 28.7 Å². The first-order valence-corrected chi connectivity index (χ1v) is 32.8. The molecule has 3 aliphatic rings. The van der Waals surface area contributed by atoms with Crippen LogP contribution in [-0.4, -0.2) is 35.7 Å². The first-order chi connectivity index (χ1) is 41.2. The first kappa shape index (κ1) is 48.8. The van der Waals surface area contributed by atoms with Crippen LogP contribution in [0.4, 0.5) is 0 Å². The molecule has 6 heteroatoms. The van der Waals surface area contributed by atoms with Crippen LogP contribution < -0.4 is 41.5 Å². The Hall–Kier alpha value is -10.1. The minimum absolute atomic E-state index is 0.0248. The van der Waals surface area contributed by atoms with Gasteiger partial charge in [-0.2, -0.15) is 9.97 Å². The summed E-state index contributed by atoms with van der Waals surface area (Å²) in [6, 6.07) is 117. The highest BCUT2D eigenvalue weighted by atomic mass is 28.3. The van der Waals surface area contributed by atoms with Gasteiger partial charge in [-0.15, -0.1) is 0 Å². The van der Waals surface area contributed by atoms with Gasteiger partial charge >= 0.3 is 0 Å². The van der Waals surface area contributed by atoms with Gasteiger partial charge in [0, 0.05) is 33.7 Å². The molecule has 0 spiro atoms. The second kappa shape index (κ2) is 19.9. The Morgan fingerprint density at radius 1 is 0.253 bits per heavy atom. The van der Waals surface area contributed by atoms with Gasteiger partial charge in [-0.1, -0.05) is 303 Å². The highest BCUT2D eigenvalue weighted by molar-refractivity contribution is 7.21. The Bertz CT molecular complexity index is 4500. The van der Waals surface area contributed by atoms with E-state index in [2.05, 4.69) is 320 Å². The van der Waals surface area contributed by atoms with Crippen LogP contribution >= 0.6 is 0 Å². The summed E-state index contributed by atoms with van der Waals surface area (Å²) in [6.07, 6.45) is 0. The fourth-order valence-electron chi connectivity index (χ4n) is 14.7. The average molecular weight is 1090 g/mol. The van der Waals surface area contributed by atoms with E-state index in [9.17, 15) is 0 Å². The third kappa shape index (κ3) is 7.39. The first-order valence-electron chi connectivity index (χ1n) is 28.8. The molecule has 0 amide bonds. The van der Waals surface area contributed by atoms with Crippen LogP contribution in [0.3, 0.4) is 0 Å². The third-order valence-corrected chi connectivity index (χ3v) is 27.6. The van der Waals surface area contributed by atoms with E-state index in [1.165, 1.54) is 74.9 Å². The number of fused-ring (bicyclic) bond motifs is 3. The highest BCUT2D eigenvalue weighted by Crippen LogP contribution is 2.57. The average Bonchev–Trinajstić information content (AvgIpc) is 2.20. The molecule has 0 N–H and O–H groups in total. The number of nitrogens with zero attached hydrogens (tertiary/aromatic N) is 4. The summed E-state index contributed by atoms with van der Waals surface area (Å²) in [5.41, 5.74) is 12.1. The molecule has 2 heterocycles. The quantitative estimate of drug-likeness (QED) is 0.0958. The Morgan fingerprint density at radius 2 is 0.590 bits per heavy atom. The normalized spacial score (nSPS) is 14.3. The van der Waals surface area contributed by atoms with E-state index in [-0.39, 0.29) is 11.8 Å². The van der Waals surface area contributed by atoms with E-state index in [1.54, 1.807) is 0 Å². The molecule has 0 saturated heterocycles. The van der Waals surface area contributed by atoms with Gasteiger partial charge in [-0.3, -0.25) is 4.57 Å². The number of aromatic nitrogens is 4. The zero-order valence-electron chi connectivity index (χ0n) is 45.5. The number of hydrogen-bond acceptors (Lipinski definition) is 3. The van der Waals surface area contributed by atoms with Gasteiger partial charge in [0.25, 0.3) is 0 Å². The molecule has 2 aromatic heterocycles. The van der Waals surface area contributed by atoms with Gasteiger partial charge in [0.05, 0.1) is 11.0 Å². The van der Waals surface area contributed by atoms with Crippen molar-refractivity contribution in [1.82, 2.24) is 19.5 Å². The van der Waals surface area contributed by atoms with Crippen molar-refractivity contribution in [3.05, 3.63) is 349 Å². The van der Waals surface area contributed by atoms with Crippen molar-refractivity contribution in [2.75, 3.05) is 0 Å². The lowest BCUT2D eigenvalue weighted by molar-refractivity contribution is 0.758. The van der Waals surface area contributed by atoms with Gasteiger partial charge in [0.15, 0.2) is 27.8 Å². The highest BCUT2D eigenvalue weighted by Gasteiger charge is 2.50. The van der Waals surface area contributed by atoms with Crippen LogP contribution in [0.5, 0.6) is 0 Å². The van der Waals surface area contributed by atoms with Gasteiger partial charge in [-0.25, -0.2) is 4.98 Å². The molecule has 0 radical (unpaired) electrons. The van der Waals surface area contributed by atoms with Gasteiger partial charge in [0.2, 0.25) is 5.95 Å². The zero-order chi connectivity index (χ0) is 54.9. The van der Waals surface area contributed by atoms with Crippen molar-refractivity contribution < 1.29 is 0 Å². The van der Waals surface area contributed by atoms with E-state index in [0.717, 1.165) is 32.9 Å². The van der Waals surface area contributed by atoms with Crippen LogP contribution in [0.15, 0.2) is 315 Å². The maximum atomic E-state index is 5.91. The van der Waals surface area contributed by atoms with Crippen molar-refractivity contribution in [2.24, 2.45) is 0 Å². The predicted molar refractivity (Wildman–Crippen MR) is 347 cm³/mol. The van der Waals surface area contributed by atoms with Gasteiger partial charge < -0.3 is 0 Å².